The molecule has 0 radical (unpaired) electrons. The third kappa shape index (κ3) is 4.66. The second kappa shape index (κ2) is 9.75. The van der Waals surface area contributed by atoms with Crippen molar-refractivity contribution in [3.63, 3.8) is 0 Å². The summed E-state index contributed by atoms with van der Waals surface area (Å²) in [6, 6.07) is 15.1. The number of thioether (sulfide) groups is 1. The molecule has 2 aromatic heterocycles. The number of imidazole rings is 1. The molecule has 0 N–H and O–H groups in total. The Labute approximate surface area is 195 Å². The van der Waals surface area contributed by atoms with E-state index >= 15 is 0 Å². The first-order chi connectivity index (χ1) is 15.5. The fourth-order valence-corrected chi connectivity index (χ4v) is 4.23. The van der Waals surface area contributed by atoms with E-state index in [1.165, 1.54) is 0 Å². The minimum absolute atomic E-state index is 0.0389. The highest BCUT2D eigenvalue weighted by Gasteiger charge is 2.23. The van der Waals surface area contributed by atoms with Gasteiger partial charge in [-0.25, -0.2) is 4.98 Å². The van der Waals surface area contributed by atoms with Crippen LogP contribution < -0.4 is 0 Å². The molecule has 0 aliphatic rings. The molecule has 0 spiro atoms. The summed E-state index contributed by atoms with van der Waals surface area (Å²) in [6.07, 6.45) is 2.03. The quantitative estimate of drug-likeness (QED) is 0.360. The van der Waals surface area contributed by atoms with Gasteiger partial charge in [0.15, 0.2) is 0 Å². The SMILES string of the molecule is CSCc1nc2ccccc2n1CC(=O)N(Cc1nnc(-c2ccccc2Cl)o1)C(C)C. The summed E-state index contributed by atoms with van der Waals surface area (Å²) in [5.41, 5.74) is 2.51. The summed E-state index contributed by atoms with van der Waals surface area (Å²) in [7, 11) is 0. The van der Waals surface area contributed by atoms with E-state index in [0.717, 1.165) is 22.6 Å². The Kier molecular flexibility index (Phi) is 6.81. The number of fused-ring (bicyclic) bond motifs is 1. The number of hydrogen-bond acceptors (Lipinski definition) is 6. The highest BCUT2D eigenvalue weighted by atomic mass is 35.5. The van der Waals surface area contributed by atoms with Gasteiger partial charge in [0.2, 0.25) is 17.7 Å². The van der Waals surface area contributed by atoms with Crippen LogP contribution in [0.5, 0.6) is 0 Å². The average Bonchev–Trinajstić information content (AvgIpc) is 3.37. The van der Waals surface area contributed by atoms with E-state index in [1.807, 2.05) is 67.1 Å². The Morgan fingerprint density at radius 1 is 1.16 bits per heavy atom. The summed E-state index contributed by atoms with van der Waals surface area (Å²) in [6.45, 7) is 4.36. The van der Waals surface area contributed by atoms with E-state index in [1.54, 1.807) is 22.7 Å². The van der Waals surface area contributed by atoms with Crippen molar-refractivity contribution in [3.8, 4) is 11.5 Å². The second-order valence-electron chi connectivity index (χ2n) is 7.63. The van der Waals surface area contributed by atoms with Gasteiger partial charge in [-0.1, -0.05) is 35.9 Å². The van der Waals surface area contributed by atoms with Crippen LogP contribution in [0, 0.1) is 0 Å². The molecule has 2 aromatic carbocycles. The number of hydrogen-bond donors (Lipinski definition) is 0. The third-order valence-corrected chi connectivity index (χ3v) is 6.00. The Morgan fingerprint density at radius 3 is 2.66 bits per heavy atom. The van der Waals surface area contributed by atoms with Crippen molar-refractivity contribution in [1.82, 2.24) is 24.6 Å². The molecule has 0 saturated heterocycles. The lowest BCUT2D eigenvalue weighted by Gasteiger charge is -2.26. The topological polar surface area (TPSA) is 77.1 Å². The maximum absolute atomic E-state index is 13.3. The molecule has 9 heteroatoms. The van der Waals surface area contributed by atoms with Crippen LogP contribution in [0.3, 0.4) is 0 Å². The summed E-state index contributed by atoms with van der Waals surface area (Å²) in [5, 5.41) is 8.79. The van der Waals surface area contributed by atoms with Crippen molar-refractivity contribution in [2.24, 2.45) is 0 Å². The highest BCUT2D eigenvalue weighted by molar-refractivity contribution is 7.97. The molecule has 1 amide bonds. The second-order valence-corrected chi connectivity index (χ2v) is 8.91. The lowest BCUT2D eigenvalue weighted by atomic mass is 10.2. The van der Waals surface area contributed by atoms with E-state index in [9.17, 15) is 4.79 Å². The van der Waals surface area contributed by atoms with Crippen LogP contribution in [0.25, 0.3) is 22.5 Å². The zero-order valence-electron chi connectivity index (χ0n) is 18.2. The molecule has 166 valence electrons. The third-order valence-electron chi connectivity index (χ3n) is 5.12. The summed E-state index contributed by atoms with van der Waals surface area (Å²) >= 11 is 7.92. The van der Waals surface area contributed by atoms with Gasteiger partial charge < -0.3 is 13.9 Å². The molecule has 7 nitrogen and oxygen atoms in total. The van der Waals surface area contributed by atoms with Gasteiger partial charge in [0.1, 0.15) is 12.4 Å². The number of halogens is 1. The molecule has 0 bridgehead atoms. The molecule has 2 heterocycles. The summed E-state index contributed by atoms with van der Waals surface area (Å²) in [5.74, 6) is 2.28. The Balaban J connectivity index is 1.57. The molecule has 0 atom stereocenters. The van der Waals surface area contributed by atoms with Crippen LogP contribution >= 0.6 is 23.4 Å². The lowest BCUT2D eigenvalue weighted by Crippen LogP contribution is -2.38. The Bertz CT molecular complexity index is 1240. The van der Waals surface area contributed by atoms with Gasteiger partial charge in [-0.15, -0.1) is 10.2 Å². The molecule has 0 aliphatic carbocycles. The minimum Gasteiger partial charge on any atom is -0.419 e. The van der Waals surface area contributed by atoms with E-state index in [0.29, 0.717) is 22.4 Å². The van der Waals surface area contributed by atoms with E-state index in [4.69, 9.17) is 21.0 Å². The Morgan fingerprint density at radius 2 is 1.91 bits per heavy atom. The van der Waals surface area contributed by atoms with Crippen molar-refractivity contribution in [1.29, 1.82) is 0 Å². The van der Waals surface area contributed by atoms with E-state index < -0.39 is 0 Å². The molecule has 4 rings (SSSR count). The summed E-state index contributed by atoms with van der Waals surface area (Å²) < 4.78 is 7.82. The molecule has 0 aliphatic heterocycles. The van der Waals surface area contributed by atoms with E-state index in [2.05, 4.69) is 10.2 Å². The molecule has 0 saturated carbocycles. The van der Waals surface area contributed by atoms with Crippen molar-refractivity contribution in [3.05, 3.63) is 65.3 Å². The number of amides is 1. The van der Waals surface area contributed by atoms with E-state index in [-0.39, 0.29) is 25.0 Å². The van der Waals surface area contributed by atoms with Crippen LogP contribution in [0.1, 0.15) is 25.6 Å². The monoisotopic (exact) mass is 469 g/mol. The first-order valence-corrected chi connectivity index (χ1v) is 12.0. The molecular weight excluding hydrogens is 446 g/mol. The summed E-state index contributed by atoms with van der Waals surface area (Å²) in [4.78, 5) is 19.8. The number of aromatic nitrogens is 4. The van der Waals surface area contributed by atoms with Crippen molar-refractivity contribution >= 4 is 40.3 Å². The molecule has 0 unspecified atom stereocenters. The van der Waals surface area contributed by atoms with Crippen molar-refractivity contribution < 1.29 is 9.21 Å². The number of nitrogens with zero attached hydrogens (tertiary/aromatic N) is 5. The van der Waals surface area contributed by atoms with Gasteiger partial charge in [0.25, 0.3) is 0 Å². The molecular formula is C23H24ClN5O2S. The number of carbonyl (C=O) groups is 1. The van der Waals surface area contributed by atoms with Gasteiger partial charge in [-0.3, -0.25) is 4.79 Å². The van der Waals surface area contributed by atoms with Gasteiger partial charge in [-0.2, -0.15) is 11.8 Å². The van der Waals surface area contributed by atoms with Crippen LogP contribution in [0.4, 0.5) is 0 Å². The molecule has 4 aromatic rings. The molecule has 0 fully saturated rings. The number of para-hydroxylation sites is 2. The van der Waals surface area contributed by atoms with Gasteiger partial charge in [0, 0.05) is 6.04 Å². The number of carbonyl (C=O) groups excluding carboxylic acids is 1. The fourth-order valence-electron chi connectivity index (χ4n) is 3.53. The lowest BCUT2D eigenvalue weighted by molar-refractivity contribution is -0.134. The predicted octanol–water partition coefficient (Wildman–Crippen LogP) is 5.04. The fraction of sp³-hybridized carbons (Fsp3) is 0.304. The standard InChI is InChI=1S/C23H24ClN5O2S/c1-15(2)28(12-21-26-27-23(31-21)16-8-4-5-9-17(16)24)22(30)13-29-19-11-7-6-10-18(19)25-20(29)14-32-3/h4-11,15H,12-14H2,1-3H3. The zero-order valence-corrected chi connectivity index (χ0v) is 19.7. The number of rotatable bonds is 8. The first-order valence-electron chi connectivity index (χ1n) is 10.3. The first kappa shape index (κ1) is 22.4. The van der Waals surface area contributed by atoms with Gasteiger partial charge in [0.05, 0.1) is 33.9 Å². The van der Waals surface area contributed by atoms with Gasteiger partial charge in [-0.05, 0) is 44.4 Å². The van der Waals surface area contributed by atoms with Crippen molar-refractivity contribution in [2.75, 3.05) is 6.26 Å². The highest BCUT2D eigenvalue weighted by Crippen LogP contribution is 2.27. The Hall–Kier alpha value is -2.84. The zero-order chi connectivity index (χ0) is 22.7. The predicted molar refractivity (Wildman–Crippen MR) is 127 cm³/mol. The smallest absolute Gasteiger partial charge is 0.249 e. The maximum Gasteiger partial charge on any atom is 0.249 e. The molecule has 32 heavy (non-hydrogen) atoms. The average molecular weight is 470 g/mol. The van der Waals surface area contributed by atoms with Crippen LogP contribution in [-0.4, -0.2) is 42.9 Å². The maximum atomic E-state index is 13.3. The van der Waals surface area contributed by atoms with Crippen LogP contribution in [0.15, 0.2) is 52.9 Å². The van der Waals surface area contributed by atoms with Crippen LogP contribution in [0.2, 0.25) is 5.02 Å². The number of benzene rings is 2. The van der Waals surface area contributed by atoms with Crippen LogP contribution in [-0.2, 0) is 23.6 Å². The van der Waals surface area contributed by atoms with Gasteiger partial charge >= 0.3 is 0 Å². The normalized spacial score (nSPS) is 11.4. The van der Waals surface area contributed by atoms with Crippen molar-refractivity contribution in [2.45, 2.75) is 38.7 Å². The minimum atomic E-state index is -0.0445. The largest absolute Gasteiger partial charge is 0.419 e.